The fourth-order valence-corrected chi connectivity index (χ4v) is 5.98. The van der Waals surface area contributed by atoms with Gasteiger partial charge in [0, 0.05) is 38.2 Å². The maximum Gasteiger partial charge on any atom is 0.164 e. The molecule has 3 heterocycles. The summed E-state index contributed by atoms with van der Waals surface area (Å²) in [5.41, 5.74) is 6.01. The van der Waals surface area contributed by atoms with Crippen LogP contribution in [0.4, 0.5) is 0 Å². The van der Waals surface area contributed by atoms with Gasteiger partial charge in [0.15, 0.2) is 17.5 Å². The van der Waals surface area contributed by atoms with E-state index in [4.69, 9.17) is 23.8 Å². The number of nitrogens with zero attached hydrogens (tertiary/aromatic N) is 3. The van der Waals surface area contributed by atoms with E-state index in [9.17, 15) is 0 Å². The monoisotopic (exact) mass is 539 g/mol. The molecular formula is C37H21N3O2. The van der Waals surface area contributed by atoms with Crippen LogP contribution in [0, 0.1) is 0 Å². The highest BCUT2D eigenvalue weighted by molar-refractivity contribution is 6.33. The maximum atomic E-state index is 6.70. The minimum Gasteiger partial charge on any atom is -0.455 e. The Morgan fingerprint density at radius 2 is 0.881 bits per heavy atom. The van der Waals surface area contributed by atoms with Gasteiger partial charge < -0.3 is 8.83 Å². The first kappa shape index (κ1) is 22.9. The number of benzene rings is 6. The van der Waals surface area contributed by atoms with E-state index in [2.05, 4.69) is 42.5 Å². The maximum absolute atomic E-state index is 6.70. The molecule has 0 atom stereocenters. The van der Waals surface area contributed by atoms with Crippen LogP contribution in [0.15, 0.2) is 136 Å². The summed E-state index contributed by atoms with van der Waals surface area (Å²) in [5.74, 6) is 1.84. The molecule has 6 aromatic carbocycles. The molecule has 0 aliphatic carbocycles. The fourth-order valence-electron chi connectivity index (χ4n) is 5.98. The minimum absolute atomic E-state index is 0.592. The normalized spacial score (nSPS) is 11.8. The molecule has 0 bridgehead atoms. The number of fused-ring (bicyclic) bond motifs is 10. The van der Waals surface area contributed by atoms with Crippen LogP contribution in [0.3, 0.4) is 0 Å². The predicted octanol–water partition coefficient (Wildman–Crippen LogP) is 9.82. The molecule has 0 aliphatic rings. The summed E-state index contributed by atoms with van der Waals surface area (Å²) in [4.78, 5) is 14.7. The number of aromatic nitrogens is 3. The molecule has 0 aliphatic heterocycles. The lowest BCUT2D eigenvalue weighted by atomic mass is 9.99. The molecule has 42 heavy (non-hydrogen) atoms. The van der Waals surface area contributed by atoms with Gasteiger partial charge in [0.05, 0.1) is 5.39 Å². The zero-order chi connectivity index (χ0) is 27.6. The zero-order valence-electron chi connectivity index (χ0n) is 22.3. The summed E-state index contributed by atoms with van der Waals surface area (Å²) in [6.07, 6.45) is 0. The largest absolute Gasteiger partial charge is 0.455 e. The Bertz CT molecular complexity index is 2400. The van der Waals surface area contributed by atoms with Crippen LogP contribution in [0.1, 0.15) is 0 Å². The van der Waals surface area contributed by atoms with Crippen molar-refractivity contribution in [3.05, 3.63) is 127 Å². The van der Waals surface area contributed by atoms with Crippen molar-refractivity contribution in [3.63, 3.8) is 0 Å². The third kappa shape index (κ3) is 3.40. The van der Waals surface area contributed by atoms with E-state index < -0.39 is 0 Å². The van der Waals surface area contributed by atoms with Gasteiger partial charge in [-0.05, 0) is 23.6 Å². The molecule has 9 aromatic rings. The first-order valence-electron chi connectivity index (χ1n) is 13.9. The summed E-state index contributed by atoms with van der Waals surface area (Å²) < 4.78 is 13.1. The number of para-hydroxylation sites is 1. The first-order chi connectivity index (χ1) is 20.8. The summed E-state index contributed by atoms with van der Waals surface area (Å²) in [7, 11) is 0. The molecule has 0 saturated heterocycles. The van der Waals surface area contributed by atoms with Crippen LogP contribution in [-0.4, -0.2) is 15.0 Å². The molecule has 0 unspecified atom stereocenters. The number of rotatable bonds is 3. The highest BCUT2D eigenvalue weighted by Gasteiger charge is 2.21. The Balaban J connectivity index is 1.32. The lowest BCUT2D eigenvalue weighted by Gasteiger charge is -2.08. The lowest BCUT2D eigenvalue weighted by Crippen LogP contribution is -2.00. The van der Waals surface area contributed by atoms with Crippen molar-refractivity contribution < 1.29 is 8.83 Å². The Kier molecular flexibility index (Phi) is 4.83. The van der Waals surface area contributed by atoms with Crippen LogP contribution >= 0.6 is 0 Å². The third-order valence-electron chi connectivity index (χ3n) is 7.91. The molecule has 0 N–H and O–H groups in total. The van der Waals surface area contributed by atoms with Crippen LogP contribution in [0.2, 0.25) is 0 Å². The molecule has 196 valence electrons. The Morgan fingerprint density at radius 1 is 0.357 bits per heavy atom. The van der Waals surface area contributed by atoms with Gasteiger partial charge in [-0.25, -0.2) is 15.0 Å². The van der Waals surface area contributed by atoms with E-state index in [-0.39, 0.29) is 0 Å². The second-order valence-electron chi connectivity index (χ2n) is 10.4. The average molecular weight is 540 g/mol. The van der Waals surface area contributed by atoms with Gasteiger partial charge in [0.2, 0.25) is 0 Å². The lowest BCUT2D eigenvalue weighted by molar-refractivity contribution is 0.665. The zero-order valence-corrected chi connectivity index (χ0v) is 22.3. The van der Waals surface area contributed by atoms with Gasteiger partial charge in [0.1, 0.15) is 22.3 Å². The Morgan fingerprint density at radius 3 is 1.57 bits per heavy atom. The first-order valence-corrected chi connectivity index (χ1v) is 13.9. The van der Waals surface area contributed by atoms with Gasteiger partial charge in [0.25, 0.3) is 0 Å². The Hall–Kier alpha value is -5.81. The smallest absolute Gasteiger partial charge is 0.164 e. The van der Waals surface area contributed by atoms with Gasteiger partial charge in [-0.2, -0.15) is 0 Å². The van der Waals surface area contributed by atoms with Crippen molar-refractivity contribution >= 4 is 54.6 Å². The fraction of sp³-hybridized carbons (Fsp3) is 0. The van der Waals surface area contributed by atoms with Crippen molar-refractivity contribution in [2.45, 2.75) is 0 Å². The second kappa shape index (κ2) is 8.85. The number of furan rings is 2. The molecule has 0 amide bonds. The van der Waals surface area contributed by atoms with Crippen molar-refractivity contribution in [1.82, 2.24) is 15.0 Å². The number of hydrogen-bond acceptors (Lipinski definition) is 5. The highest BCUT2D eigenvalue weighted by Crippen LogP contribution is 2.45. The Labute approximate surface area is 239 Å². The average Bonchev–Trinajstić information content (AvgIpc) is 3.64. The topological polar surface area (TPSA) is 65.0 Å². The van der Waals surface area contributed by atoms with E-state index >= 15 is 0 Å². The minimum atomic E-state index is 0.592. The molecule has 0 saturated carbocycles. The van der Waals surface area contributed by atoms with E-state index in [0.717, 1.165) is 71.3 Å². The molecular weight excluding hydrogens is 518 g/mol. The molecule has 0 radical (unpaired) electrons. The highest BCUT2D eigenvalue weighted by atomic mass is 16.3. The van der Waals surface area contributed by atoms with Crippen molar-refractivity contribution in [2.24, 2.45) is 0 Å². The van der Waals surface area contributed by atoms with E-state index in [1.165, 1.54) is 0 Å². The quantitative estimate of drug-likeness (QED) is 0.224. The second-order valence-corrected chi connectivity index (χ2v) is 10.4. The molecule has 0 fully saturated rings. The van der Waals surface area contributed by atoms with Crippen LogP contribution in [-0.2, 0) is 0 Å². The van der Waals surface area contributed by atoms with Crippen molar-refractivity contribution in [3.8, 4) is 34.2 Å². The molecule has 9 rings (SSSR count). The predicted molar refractivity (Wildman–Crippen MR) is 168 cm³/mol. The van der Waals surface area contributed by atoms with E-state index in [0.29, 0.717) is 17.5 Å². The summed E-state index contributed by atoms with van der Waals surface area (Å²) >= 11 is 0. The van der Waals surface area contributed by atoms with Crippen molar-refractivity contribution in [1.29, 1.82) is 0 Å². The van der Waals surface area contributed by atoms with Gasteiger partial charge >= 0.3 is 0 Å². The summed E-state index contributed by atoms with van der Waals surface area (Å²) in [5, 5.41) is 6.33. The van der Waals surface area contributed by atoms with Crippen LogP contribution in [0.5, 0.6) is 0 Å². The molecule has 0 spiro atoms. The summed E-state index contributed by atoms with van der Waals surface area (Å²) in [6, 6.07) is 42.7. The van der Waals surface area contributed by atoms with Gasteiger partial charge in [-0.3, -0.25) is 0 Å². The van der Waals surface area contributed by atoms with E-state index in [1.54, 1.807) is 0 Å². The standard InChI is InChI=1S/C37H21N3O2/c1-3-11-22(12-4-1)35-38-36(23-13-5-2-6-14-23)40-37(39-35)24-19-20-28-30(21-24)42-34-31(28)25-15-7-8-16-26(25)33-32(34)27-17-9-10-18-29(27)41-33/h1-21H. The SMILES string of the molecule is c1ccc(-c2nc(-c3ccccc3)nc(-c3ccc4c(c3)oc3c4c4ccccc4c4oc5ccccc5c43)n2)cc1. The van der Waals surface area contributed by atoms with E-state index in [1.807, 2.05) is 84.9 Å². The molecule has 5 nitrogen and oxygen atoms in total. The van der Waals surface area contributed by atoms with Gasteiger partial charge in [-0.1, -0.05) is 109 Å². The molecule has 3 aromatic heterocycles. The molecule has 5 heteroatoms. The van der Waals surface area contributed by atoms with Gasteiger partial charge in [-0.15, -0.1) is 0 Å². The van der Waals surface area contributed by atoms with Crippen molar-refractivity contribution in [2.75, 3.05) is 0 Å². The summed E-state index contributed by atoms with van der Waals surface area (Å²) in [6.45, 7) is 0. The van der Waals surface area contributed by atoms with Crippen LogP contribution < -0.4 is 0 Å². The number of hydrogen-bond donors (Lipinski definition) is 0. The third-order valence-corrected chi connectivity index (χ3v) is 7.91. The van der Waals surface area contributed by atoms with Crippen LogP contribution in [0.25, 0.3) is 88.8 Å².